The van der Waals surface area contributed by atoms with Gasteiger partial charge in [-0.3, -0.25) is 0 Å². The van der Waals surface area contributed by atoms with Crippen LogP contribution in [0.5, 0.6) is 5.75 Å². The Hall–Kier alpha value is -2.61. The van der Waals surface area contributed by atoms with Crippen LogP contribution in [0.2, 0.25) is 0 Å². The average Bonchev–Trinajstić information content (AvgIpc) is 3.35. The van der Waals surface area contributed by atoms with E-state index in [1.54, 1.807) is 12.1 Å². The maximum absolute atomic E-state index is 9.93. The number of rotatable bonds is 5. The Kier molecular flexibility index (Phi) is 6.28. The van der Waals surface area contributed by atoms with Gasteiger partial charge in [-0.2, -0.15) is 5.10 Å². The molecule has 2 aromatic carbocycles. The summed E-state index contributed by atoms with van der Waals surface area (Å²) in [6, 6.07) is 13.8. The van der Waals surface area contributed by atoms with Crippen molar-refractivity contribution >= 4 is 23.6 Å². The summed E-state index contributed by atoms with van der Waals surface area (Å²) in [6.45, 7) is 11.2. The minimum absolute atomic E-state index is 0.00448. The lowest BCUT2D eigenvalue weighted by Gasteiger charge is -2.32. The van der Waals surface area contributed by atoms with Gasteiger partial charge in [-0.15, -0.1) is 0 Å². The van der Waals surface area contributed by atoms with Crippen LogP contribution in [0.1, 0.15) is 77.7 Å². The highest BCUT2D eigenvalue weighted by Crippen LogP contribution is 2.42. The van der Waals surface area contributed by atoms with E-state index < -0.39 is 18.3 Å². The van der Waals surface area contributed by atoms with Gasteiger partial charge in [-0.1, -0.05) is 25.1 Å². The van der Waals surface area contributed by atoms with Gasteiger partial charge in [0.05, 0.1) is 22.9 Å². The van der Waals surface area contributed by atoms with Crippen molar-refractivity contribution < 1.29 is 19.2 Å². The van der Waals surface area contributed by atoms with Crippen molar-refractivity contribution in [1.29, 1.82) is 0 Å². The van der Waals surface area contributed by atoms with Crippen molar-refractivity contribution in [3.63, 3.8) is 0 Å². The number of aromatic nitrogens is 2. The van der Waals surface area contributed by atoms with Crippen molar-refractivity contribution in [2.24, 2.45) is 0 Å². The van der Waals surface area contributed by atoms with Crippen LogP contribution in [-0.2, 0) is 14.0 Å². The largest absolute Gasteiger partial charge is 0.508 e. The lowest BCUT2D eigenvalue weighted by Crippen LogP contribution is -2.41. The molecule has 35 heavy (non-hydrogen) atoms. The molecule has 2 aliphatic heterocycles. The molecule has 0 spiro atoms. The summed E-state index contributed by atoms with van der Waals surface area (Å²) in [4.78, 5) is 0. The second kappa shape index (κ2) is 9.12. The third-order valence-electron chi connectivity index (χ3n) is 7.71. The van der Waals surface area contributed by atoms with Crippen LogP contribution in [0.3, 0.4) is 0 Å². The minimum Gasteiger partial charge on any atom is -0.508 e. The first-order chi connectivity index (χ1) is 16.7. The number of benzene rings is 2. The summed E-state index contributed by atoms with van der Waals surface area (Å²) in [5.41, 5.74) is 4.44. The van der Waals surface area contributed by atoms with Crippen molar-refractivity contribution in [2.45, 2.75) is 77.7 Å². The van der Waals surface area contributed by atoms with Gasteiger partial charge in [0.15, 0.2) is 6.23 Å². The summed E-state index contributed by atoms with van der Waals surface area (Å²) in [5.74, 6) is 0.242. The number of fused-ring (bicyclic) bond motifs is 1. The Morgan fingerprint density at radius 2 is 1.71 bits per heavy atom. The fourth-order valence-corrected chi connectivity index (χ4v) is 4.97. The van der Waals surface area contributed by atoms with Crippen LogP contribution in [0.25, 0.3) is 16.5 Å². The van der Waals surface area contributed by atoms with E-state index in [-0.39, 0.29) is 12.0 Å². The molecule has 6 nitrogen and oxygen atoms in total. The summed E-state index contributed by atoms with van der Waals surface area (Å²) < 4.78 is 20.9. The van der Waals surface area contributed by atoms with Gasteiger partial charge in [0, 0.05) is 12.0 Å². The number of ether oxygens (including phenoxy) is 1. The van der Waals surface area contributed by atoms with Crippen LogP contribution in [-0.4, -0.2) is 39.8 Å². The number of aromatic hydroxyl groups is 1. The lowest BCUT2D eigenvalue weighted by atomic mass is 9.70. The molecule has 0 amide bonds. The second-order valence-corrected chi connectivity index (χ2v) is 10.6. The zero-order valence-corrected chi connectivity index (χ0v) is 21.4. The summed E-state index contributed by atoms with van der Waals surface area (Å²) >= 11 is 0. The van der Waals surface area contributed by atoms with Crippen LogP contribution >= 0.6 is 0 Å². The van der Waals surface area contributed by atoms with E-state index in [4.69, 9.17) is 14.0 Å². The first-order valence-corrected chi connectivity index (χ1v) is 12.7. The SMILES string of the molecule is CC/C(B1OC(C)(C)C(C)(C)O1)=C(/c1ccc(O)cc1)c1ccc2c(cnn2C2CCCCO2)c1. The predicted octanol–water partition coefficient (Wildman–Crippen LogP) is 6.28. The van der Waals surface area contributed by atoms with Gasteiger partial charge >= 0.3 is 7.12 Å². The number of phenolic OH excluding ortho intramolecular Hbond substituents is 1. The Balaban J connectivity index is 1.63. The van der Waals surface area contributed by atoms with E-state index in [1.165, 1.54) is 0 Å². The smallest absolute Gasteiger partial charge is 0.491 e. The molecule has 0 aliphatic carbocycles. The molecule has 184 valence electrons. The summed E-state index contributed by atoms with van der Waals surface area (Å²) in [7, 11) is -0.456. The standard InChI is InChI=1S/C28H35BN2O4/c1-6-23(29-34-27(2,3)28(4,5)35-29)26(19-10-13-22(32)14-11-19)20-12-15-24-21(17-20)18-30-31(24)25-9-7-8-16-33-25/h10-15,17-18,25,32H,6-9,16H2,1-5H3/b26-23+. The minimum atomic E-state index is -0.456. The number of hydrogen-bond donors (Lipinski definition) is 1. The van der Waals surface area contributed by atoms with Crippen molar-refractivity contribution in [2.75, 3.05) is 6.61 Å². The highest BCUT2D eigenvalue weighted by molar-refractivity contribution is 6.56. The first-order valence-electron chi connectivity index (χ1n) is 12.7. The number of allylic oxidation sites excluding steroid dienone is 1. The summed E-state index contributed by atoms with van der Waals surface area (Å²) in [5, 5.41) is 15.7. The average molecular weight is 474 g/mol. The van der Waals surface area contributed by atoms with Crippen molar-refractivity contribution in [3.8, 4) is 5.75 Å². The molecular formula is C28H35BN2O4. The molecule has 0 radical (unpaired) electrons. The van der Waals surface area contributed by atoms with Crippen molar-refractivity contribution in [3.05, 3.63) is 65.3 Å². The molecule has 1 N–H and O–H groups in total. The predicted molar refractivity (Wildman–Crippen MR) is 139 cm³/mol. The first kappa shape index (κ1) is 24.1. The quantitative estimate of drug-likeness (QED) is 0.441. The number of hydrogen-bond acceptors (Lipinski definition) is 5. The number of nitrogens with zero attached hydrogens (tertiary/aromatic N) is 2. The maximum atomic E-state index is 9.93. The zero-order chi connectivity index (χ0) is 24.8. The van der Waals surface area contributed by atoms with Gasteiger partial charge in [0.25, 0.3) is 0 Å². The van der Waals surface area contributed by atoms with E-state index >= 15 is 0 Å². The van der Waals surface area contributed by atoms with Gasteiger partial charge in [-0.25, -0.2) is 4.68 Å². The topological polar surface area (TPSA) is 65.7 Å². The van der Waals surface area contributed by atoms with Crippen LogP contribution in [0.15, 0.2) is 54.1 Å². The highest BCUT2D eigenvalue weighted by Gasteiger charge is 2.52. The highest BCUT2D eigenvalue weighted by atomic mass is 16.7. The molecule has 5 rings (SSSR count). The Bertz CT molecular complexity index is 1220. The molecule has 1 aromatic heterocycles. The van der Waals surface area contributed by atoms with E-state index in [9.17, 15) is 5.11 Å². The molecule has 7 heteroatoms. The third-order valence-corrected chi connectivity index (χ3v) is 7.71. The molecule has 0 saturated carbocycles. The lowest BCUT2D eigenvalue weighted by molar-refractivity contribution is -0.0366. The van der Waals surface area contributed by atoms with Gasteiger partial charge in [-0.05, 0) is 99.8 Å². The second-order valence-electron chi connectivity index (χ2n) is 10.6. The molecule has 3 aromatic rings. The Morgan fingerprint density at radius 1 is 1.03 bits per heavy atom. The van der Waals surface area contributed by atoms with Crippen LogP contribution in [0.4, 0.5) is 0 Å². The van der Waals surface area contributed by atoms with Gasteiger partial charge in [0.1, 0.15) is 5.75 Å². The fraction of sp³-hybridized carbons (Fsp3) is 0.464. The maximum Gasteiger partial charge on any atom is 0.491 e. The third kappa shape index (κ3) is 4.41. The van der Waals surface area contributed by atoms with Crippen molar-refractivity contribution in [1.82, 2.24) is 9.78 Å². The van der Waals surface area contributed by atoms with Crippen LogP contribution < -0.4 is 0 Å². The van der Waals surface area contributed by atoms with E-state index in [1.807, 2.05) is 23.0 Å². The Morgan fingerprint density at radius 3 is 2.34 bits per heavy atom. The Labute approximate surface area is 208 Å². The molecule has 1 unspecified atom stereocenters. The monoisotopic (exact) mass is 474 g/mol. The van der Waals surface area contributed by atoms with E-state index in [0.717, 1.165) is 65.4 Å². The zero-order valence-electron chi connectivity index (χ0n) is 21.4. The molecule has 2 fully saturated rings. The molecule has 0 bridgehead atoms. The fourth-order valence-electron chi connectivity index (χ4n) is 4.97. The van der Waals surface area contributed by atoms with Gasteiger partial charge in [0.2, 0.25) is 0 Å². The molecule has 2 saturated heterocycles. The molecule has 1 atom stereocenters. The van der Waals surface area contributed by atoms with E-state index in [0.29, 0.717) is 0 Å². The normalized spacial score (nSPS) is 22.4. The molecule has 3 heterocycles. The van der Waals surface area contributed by atoms with Gasteiger partial charge < -0.3 is 19.2 Å². The molecule has 2 aliphatic rings. The number of phenols is 1. The molecular weight excluding hydrogens is 439 g/mol. The van der Waals surface area contributed by atoms with Crippen LogP contribution in [0, 0.1) is 0 Å². The summed E-state index contributed by atoms with van der Waals surface area (Å²) in [6.07, 6.45) is 5.94. The van der Waals surface area contributed by atoms with E-state index in [2.05, 4.69) is 57.9 Å².